The first-order valence-corrected chi connectivity index (χ1v) is 5.50. The van der Waals surface area contributed by atoms with E-state index in [1.807, 2.05) is 19.1 Å². The van der Waals surface area contributed by atoms with E-state index in [1.165, 1.54) is 13.0 Å². The molecule has 1 aromatic carbocycles. The lowest BCUT2D eigenvalue weighted by Gasteiger charge is -2.05. The maximum Gasteiger partial charge on any atom is 0.264 e. The molecule has 0 radical (unpaired) electrons. The molecule has 0 unspecified atom stereocenters. The van der Waals surface area contributed by atoms with Gasteiger partial charge in [-0.2, -0.15) is 5.10 Å². The molecule has 5 heteroatoms. The molecule has 0 spiro atoms. The summed E-state index contributed by atoms with van der Waals surface area (Å²) in [4.78, 5) is 22.0. The number of hydrogen-bond acceptors (Lipinski definition) is 3. The third kappa shape index (κ3) is 2.63. The Balaban J connectivity index is 2.34. The van der Waals surface area contributed by atoms with Crippen LogP contribution >= 0.6 is 0 Å². The summed E-state index contributed by atoms with van der Waals surface area (Å²) in [5.74, 6) is -0.110. The Morgan fingerprint density at radius 2 is 1.94 bits per heavy atom. The lowest BCUT2D eigenvalue weighted by Crippen LogP contribution is -2.08. The van der Waals surface area contributed by atoms with Crippen LogP contribution in [0.25, 0.3) is 11.3 Å². The lowest BCUT2D eigenvalue weighted by molar-refractivity contribution is -0.114. The third-order valence-electron chi connectivity index (χ3n) is 2.48. The molecule has 5 nitrogen and oxygen atoms in total. The molecule has 1 amide bonds. The molecular formula is C13H13N3O2. The van der Waals surface area contributed by atoms with Gasteiger partial charge >= 0.3 is 0 Å². The highest BCUT2D eigenvalue weighted by atomic mass is 16.1. The number of carbonyl (C=O) groups is 1. The van der Waals surface area contributed by atoms with Crippen LogP contribution in [0.5, 0.6) is 0 Å². The molecule has 0 aliphatic rings. The second-order valence-corrected chi connectivity index (χ2v) is 4.02. The maximum atomic E-state index is 11.1. The molecule has 2 aromatic rings. The topological polar surface area (TPSA) is 74.8 Å². The summed E-state index contributed by atoms with van der Waals surface area (Å²) in [5.41, 5.74) is 2.94. The molecular weight excluding hydrogens is 230 g/mol. The molecule has 92 valence electrons. The van der Waals surface area contributed by atoms with Gasteiger partial charge in [-0.1, -0.05) is 12.1 Å². The number of aryl methyl sites for hydroxylation is 1. The lowest BCUT2D eigenvalue weighted by atomic mass is 10.1. The van der Waals surface area contributed by atoms with Gasteiger partial charge in [0.25, 0.3) is 5.56 Å². The van der Waals surface area contributed by atoms with Gasteiger partial charge in [-0.15, -0.1) is 0 Å². The van der Waals surface area contributed by atoms with Crippen molar-refractivity contribution in [3.8, 4) is 11.3 Å². The van der Waals surface area contributed by atoms with E-state index < -0.39 is 0 Å². The van der Waals surface area contributed by atoms with Crippen molar-refractivity contribution in [3.63, 3.8) is 0 Å². The Bertz CT molecular complexity index is 629. The van der Waals surface area contributed by atoms with Crippen molar-refractivity contribution in [2.75, 3.05) is 5.32 Å². The summed E-state index contributed by atoms with van der Waals surface area (Å²) in [6.45, 7) is 3.29. The molecule has 0 saturated heterocycles. The largest absolute Gasteiger partial charge is 0.326 e. The Kier molecular flexibility index (Phi) is 3.23. The highest BCUT2D eigenvalue weighted by Crippen LogP contribution is 2.21. The number of aromatic nitrogens is 2. The second kappa shape index (κ2) is 4.83. The Hall–Kier alpha value is -2.43. The van der Waals surface area contributed by atoms with Crippen LogP contribution in [-0.4, -0.2) is 16.1 Å². The molecule has 0 saturated carbocycles. The van der Waals surface area contributed by atoms with E-state index in [2.05, 4.69) is 15.5 Å². The molecule has 1 heterocycles. The Labute approximate surface area is 104 Å². The zero-order valence-corrected chi connectivity index (χ0v) is 10.2. The molecule has 0 fully saturated rings. The second-order valence-electron chi connectivity index (χ2n) is 4.02. The first-order valence-electron chi connectivity index (χ1n) is 5.50. The predicted molar refractivity (Wildman–Crippen MR) is 69.3 cm³/mol. The van der Waals surface area contributed by atoms with Crippen LogP contribution in [0.1, 0.15) is 12.5 Å². The number of aromatic amines is 1. The van der Waals surface area contributed by atoms with Crippen molar-refractivity contribution in [3.05, 3.63) is 46.2 Å². The number of nitrogens with one attached hydrogen (secondary N) is 2. The van der Waals surface area contributed by atoms with E-state index >= 15 is 0 Å². The van der Waals surface area contributed by atoms with Gasteiger partial charge in [0, 0.05) is 24.2 Å². The van der Waals surface area contributed by atoms with Crippen LogP contribution in [-0.2, 0) is 4.79 Å². The minimum absolute atomic E-state index is 0.110. The van der Waals surface area contributed by atoms with Gasteiger partial charge in [0.15, 0.2) is 0 Å². The van der Waals surface area contributed by atoms with Crippen molar-refractivity contribution in [2.24, 2.45) is 0 Å². The highest BCUT2D eigenvalue weighted by Gasteiger charge is 2.04. The van der Waals surface area contributed by atoms with Crippen molar-refractivity contribution in [1.29, 1.82) is 0 Å². The van der Waals surface area contributed by atoms with E-state index in [9.17, 15) is 9.59 Å². The minimum Gasteiger partial charge on any atom is -0.326 e. The molecule has 18 heavy (non-hydrogen) atoms. The number of benzene rings is 1. The molecule has 1 aromatic heterocycles. The number of anilines is 1. The molecule has 0 atom stereocenters. The van der Waals surface area contributed by atoms with Gasteiger partial charge < -0.3 is 5.32 Å². The Morgan fingerprint density at radius 1 is 1.28 bits per heavy atom. The molecule has 2 rings (SSSR count). The number of hydrogen-bond donors (Lipinski definition) is 2. The molecule has 0 aliphatic carbocycles. The zero-order valence-electron chi connectivity index (χ0n) is 10.2. The van der Waals surface area contributed by atoms with Gasteiger partial charge in [-0.05, 0) is 24.6 Å². The van der Waals surface area contributed by atoms with Gasteiger partial charge in [0.1, 0.15) is 0 Å². The third-order valence-corrected chi connectivity index (χ3v) is 2.48. The summed E-state index contributed by atoms with van der Waals surface area (Å²) < 4.78 is 0. The summed E-state index contributed by atoms with van der Waals surface area (Å²) in [6, 6.07) is 8.79. The number of nitrogens with zero attached hydrogens (tertiary/aromatic N) is 1. The number of amides is 1. The number of H-pyrrole nitrogens is 1. The van der Waals surface area contributed by atoms with Crippen molar-refractivity contribution < 1.29 is 4.79 Å². The van der Waals surface area contributed by atoms with Crippen LogP contribution in [0.4, 0.5) is 5.69 Å². The summed E-state index contributed by atoms with van der Waals surface area (Å²) in [7, 11) is 0. The SMILES string of the molecule is CC(=O)Nc1ccc(-c2n[nH]c(=O)cc2C)cc1. The monoisotopic (exact) mass is 243 g/mol. The zero-order chi connectivity index (χ0) is 13.1. The van der Waals surface area contributed by atoms with Crippen molar-refractivity contribution in [2.45, 2.75) is 13.8 Å². The standard InChI is InChI=1S/C13H13N3O2/c1-8-7-12(18)15-16-13(8)10-3-5-11(6-4-10)14-9(2)17/h3-7H,1-2H3,(H,14,17)(H,15,18). The van der Waals surface area contributed by atoms with Crippen LogP contribution in [0, 0.1) is 6.92 Å². The van der Waals surface area contributed by atoms with E-state index in [1.54, 1.807) is 12.1 Å². The van der Waals surface area contributed by atoms with E-state index in [0.29, 0.717) is 0 Å². The fourth-order valence-corrected chi connectivity index (χ4v) is 1.70. The minimum atomic E-state index is -0.217. The highest BCUT2D eigenvalue weighted by molar-refractivity contribution is 5.88. The summed E-state index contributed by atoms with van der Waals surface area (Å²) >= 11 is 0. The Morgan fingerprint density at radius 3 is 2.50 bits per heavy atom. The van der Waals surface area contributed by atoms with Gasteiger partial charge in [-0.25, -0.2) is 5.10 Å². The first kappa shape index (κ1) is 12.0. The smallest absolute Gasteiger partial charge is 0.264 e. The van der Waals surface area contributed by atoms with Crippen molar-refractivity contribution >= 4 is 11.6 Å². The summed E-state index contributed by atoms with van der Waals surface area (Å²) in [5, 5.41) is 9.11. The van der Waals surface area contributed by atoms with Gasteiger partial charge in [-0.3, -0.25) is 9.59 Å². The van der Waals surface area contributed by atoms with E-state index in [-0.39, 0.29) is 11.5 Å². The number of carbonyl (C=O) groups excluding carboxylic acids is 1. The normalized spacial score (nSPS) is 10.1. The first-order chi connectivity index (χ1) is 8.56. The van der Waals surface area contributed by atoms with Crippen LogP contribution in [0.15, 0.2) is 35.1 Å². The van der Waals surface area contributed by atoms with Crippen LogP contribution in [0.3, 0.4) is 0 Å². The molecule has 2 N–H and O–H groups in total. The number of rotatable bonds is 2. The van der Waals surface area contributed by atoms with E-state index in [0.717, 1.165) is 22.5 Å². The molecule has 0 bridgehead atoms. The van der Waals surface area contributed by atoms with Gasteiger partial charge in [0.05, 0.1) is 5.69 Å². The molecule has 0 aliphatic heterocycles. The average Bonchev–Trinajstić information content (AvgIpc) is 2.30. The maximum absolute atomic E-state index is 11.1. The van der Waals surface area contributed by atoms with Crippen molar-refractivity contribution in [1.82, 2.24) is 10.2 Å². The fraction of sp³-hybridized carbons (Fsp3) is 0.154. The average molecular weight is 243 g/mol. The predicted octanol–water partition coefficient (Wildman–Crippen LogP) is 1.70. The quantitative estimate of drug-likeness (QED) is 0.843. The van der Waals surface area contributed by atoms with Gasteiger partial charge in [0.2, 0.25) is 5.91 Å². The van der Waals surface area contributed by atoms with Crippen LogP contribution in [0.2, 0.25) is 0 Å². The van der Waals surface area contributed by atoms with Crippen LogP contribution < -0.4 is 10.9 Å². The summed E-state index contributed by atoms with van der Waals surface area (Å²) in [6.07, 6.45) is 0. The fourth-order valence-electron chi connectivity index (χ4n) is 1.70. The van der Waals surface area contributed by atoms with E-state index in [4.69, 9.17) is 0 Å².